The Morgan fingerprint density at radius 3 is 2.41 bits per heavy atom. The van der Waals surface area contributed by atoms with Gasteiger partial charge in [0.1, 0.15) is 31.0 Å². The number of amides is 1. The van der Waals surface area contributed by atoms with Gasteiger partial charge in [0.25, 0.3) is 0 Å². The van der Waals surface area contributed by atoms with Crippen molar-refractivity contribution >= 4 is 35.0 Å². The molecule has 1 aromatic heterocycles. The summed E-state index contributed by atoms with van der Waals surface area (Å²) in [5.74, 6) is -0.255. The summed E-state index contributed by atoms with van der Waals surface area (Å²) >= 11 is 0. The predicted molar refractivity (Wildman–Crippen MR) is 132 cm³/mol. The van der Waals surface area contributed by atoms with Gasteiger partial charge in [-0.25, -0.2) is 14.6 Å². The van der Waals surface area contributed by atoms with Gasteiger partial charge in [-0.2, -0.15) is 0 Å². The van der Waals surface area contributed by atoms with Crippen LogP contribution in [0.4, 0.5) is 15.5 Å². The van der Waals surface area contributed by atoms with Gasteiger partial charge < -0.3 is 39.0 Å². The van der Waals surface area contributed by atoms with E-state index in [1.807, 2.05) is 0 Å². The molecule has 0 radical (unpaired) electrons. The molecule has 0 saturated carbocycles. The third-order valence-corrected chi connectivity index (χ3v) is 6.02. The van der Waals surface area contributed by atoms with Crippen molar-refractivity contribution in [3.05, 3.63) is 59.7 Å². The van der Waals surface area contributed by atoms with E-state index in [0.29, 0.717) is 22.2 Å². The Bertz CT molecular complexity index is 1330. The van der Waals surface area contributed by atoms with Gasteiger partial charge in [-0.05, 0) is 18.2 Å². The van der Waals surface area contributed by atoms with E-state index in [-0.39, 0.29) is 11.7 Å². The van der Waals surface area contributed by atoms with Crippen LogP contribution >= 0.6 is 0 Å². The molecule has 2 aromatic carbocycles. The minimum absolute atomic E-state index is 0.0277. The number of imidazole rings is 1. The molecule has 0 spiro atoms. The maximum absolute atomic E-state index is 12.8. The first-order valence-corrected chi connectivity index (χ1v) is 11.7. The molecule has 1 fully saturated rings. The van der Waals surface area contributed by atoms with Crippen molar-refractivity contribution in [3.8, 4) is 0 Å². The topological polar surface area (TPSA) is 188 Å². The third-order valence-electron chi connectivity index (χ3n) is 6.02. The summed E-state index contributed by atoms with van der Waals surface area (Å²) in [5.41, 5.74) is 1.60. The standard InChI is InChI=1S/C25H27N3O11/c1-35-22-21(32)20(31)19(30)17(39-22)11-37-25(34)38-12-28-16-9-8-14(18(29)13-6-4-3-5-7-13)10-15(16)26-23(28)27-24(33)36-2/h3-10,17,19-22,30-32H,11-12H2,1-2H3,(H,26,27,33). The number of carbonyl (C=O) groups is 3. The maximum atomic E-state index is 12.8. The summed E-state index contributed by atoms with van der Waals surface area (Å²) in [5, 5.41) is 32.3. The van der Waals surface area contributed by atoms with Gasteiger partial charge in [0.15, 0.2) is 18.8 Å². The van der Waals surface area contributed by atoms with Crippen LogP contribution in [-0.4, -0.2) is 94.4 Å². The molecule has 1 amide bonds. The van der Waals surface area contributed by atoms with Crippen molar-refractivity contribution in [3.63, 3.8) is 0 Å². The SMILES string of the molecule is COC(=O)Nc1nc2cc(C(=O)c3ccccc3)ccc2n1COC(=O)OCC1OC(OC)C(O)C(O)C1O. The molecule has 208 valence electrons. The van der Waals surface area contributed by atoms with Crippen LogP contribution in [0.5, 0.6) is 0 Å². The first-order valence-electron chi connectivity index (χ1n) is 11.7. The molecule has 1 aliphatic heterocycles. The van der Waals surface area contributed by atoms with Gasteiger partial charge in [0, 0.05) is 18.2 Å². The zero-order valence-corrected chi connectivity index (χ0v) is 20.9. The number of fused-ring (bicyclic) bond motifs is 1. The molecule has 14 heteroatoms. The van der Waals surface area contributed by atoms with Crippen molar-refractivity contribution in [1.29, 1.82) is 0 Å². The number of hydrogen-bond acceptors (Lipinski definition) is 12. The molecular weight excluding hydrogens is 518 g/mol. The van der Waals surface area contributed by atoms with Crippen molar-refractivity contribution in [2.24, 2.45) is 0 Å². The molecule has 0 bridgehead atoms. The molecule has 1 saturated heterocycles. The van der Waals surface area contributed by atoms with Crippen molar-refractivity contribution in [2.45, 2.75) is 37.4 Å². The minimum atomic E-state index is -1.59. The van der Waals surface area contributed by atoms with E-state index in [1.54, 1.807) is 42.5 Å². The highest BCUT2D eigenvalue weighted by atomic mass is 16.7. The Morgan fingerprint density at radius 1 is 0.974 bits per heavy atom. The summed E-state index contributed by atoms with van der Waals surface area (Å²) in [4.78, 5) is 41.3. The number of nitrogens with zero attached hydrogens (tertiary/aromatic N) is 2. The highest BCUT2D eigenvalue weighted by molar-refractivity contribution is 6.10. The second-order valence-electron chi connectivity index (χ2n) is 8.46. The number of benzene rings is 2. The number of aliphatic hydroxyl groups is 3. The average Bonchev–Trinajstić information content (AvgIpc) is 3.30. The summed E-state index contributed by atoms with van der Waals surface area (Å²) < 4.78 is 26.3. The van der Waals surface area contributed by atoms with E-state index >= 15 is 0 Å². The van der Waals surface area contributed by atoms with Crippen LogP contribution in [0, 0.1) is 0 Å². The quantitative estimate of drug-likeness (QED) is 0.233. The molecule has 5 atom stereocenters. The minimum Gasteiger partial charge on any atom is -0.453 e. The van der Waals surface area contributed by atoms with Crippen molar-refractivity contribution < 1.29 is 53.4 Å². The highest BCUT2D eigenvalue weighted by Gasteiger charge is 2.44. The highest BCUT2D eigenvalue weighted by Crippen LogP contribution is 2.24. The van der Waals surface area contributed by atoms with Crippen LogP contribution in [0.3, 0.4) is 0 Å². The number of anilines is 1. The van der Waals surface area contributed by atoms with Gasteiger partial charge >= 0.3 is 12.2 Å². The fraction of sp³-hybridized carbons (Fsp3) is 0.360. The number of aliphatic hydroxyl groups excluding tert-OH is 3. The van der Waals surface area contributed by atoms with Gasteiger partial charge in [-0.1, -0.05) is 30.3 Å². The van der Waals surface area contributed by atoms with Crippen molar-refractivity contribution in [1.82, 2.24) is 9.55 Å². The van der Waals surface area contributed by atoms with Gasteiger partial charge in [0.05, 0.1) is 18.1 Å². The van der Waals surface area contributed by atoms with Crippen LogP contribution in [0.1, 0.15) is 15.9 Å². The molecule has 4 rings (SSSR count). The lowest BCUT2D eigenvalue weighted by atomic mass is 9.99. The van der Waals surface area contributed by atoms with Crippen LogP contribution in [0.25, 0.3) is 11.0 Å². The monoisotopic (exact) mass is 545 g/mol. The maximum Gasteiger partial charge on any atom is 0.510 e. The summed E-state index contributed by atoms with van der Waals surface area (Å²) in [6.07, 6.45) is -9.07. The molecule has 5 unspecified atom stereocenters. The van der Waals surface area contributed by atoms with Crippen molar-refractivity contribution in [2.75, 3.05) is 26.1 Å². The largest absolute Gasteiger partial charge is 0.510 e. The number of rotatable bonds is 8. The molecule has 2 heterocycles. The van der Waals surface area contributed by atoms with Crippen LogP contribution < -0.4 is 5.32 Å². The Hall–Kier alpha value is -4.08. The average molecular weight is 546 g/mol. The zero-order valence-electron chi connectivity index (χ0n) is 20.9. The van der Waals surface area contributed by atoms with E-state index in [2.05, 4.69) is 15.0 Å². The van der Waals surface area contributed by atoms with Crippen LogP contribution in [0.15, 0.2) is 48.5 Å². The third kappa shape index (κ3) is 6.16. The Kier molecular flexibility index (Phi) is 8.73. The first kappa shape index (κ1) is 27.9. The van der Waals surface area contributed by atoms with E-state index in [1.165, 1.54) is 24.9 Å². The molecule has 1 aliphatic rings. The van der Waals surface area contributed by atoms with Gasteiger partial charge in [-0.3, -0.25) is 14.7 Å². The normalized spacial score (nSPS) is 22.7. The molecular formula is C25H27N3O11. The lowest BCUT2D eigenvalue weighted by Gasteiger charge is -2.39. The predicted octanol–water partition coefficient (Wildman–Crippen LogP) is 1.01. The fourth-order valence-electron chi connectivity index (χ4n) is 3.95. The lowest BCUT2D eigenvalue weighted by Crippen LogP contribution is -2.59. The molecule has 0 aliphatic carbocycles. The summed E-state index contributed by atoms with van der Waals surface area (Å²) in [7, 11) is 2.40. The Morgan fingerprint density at radius 2 is 1.72 bits per heavy atom. The number of hydrogen-bond donors (Lipinski definition) is 4. The van der Waals surface area contributed by atoms with Gasteiger partial charge in [-0.15, -0.1) is 0 Å². The molecule has 3 aromatic rings. The van der Waals surface area contributed by atoms with Crippen LogP contribution in [0.2, 0.25) is 0 Å². The number of ether oxygens (including phenoxy) is 5. The lowest BCUT2D eigenvalue weighted by molar-refractivity contribution is -0.294. The molecule has 39 heavy (non-hydrogen) atoms. The van der Waals surface area contributed by atoms with E-state index in [9.17, 15) is 29.7 Å². The van der Waals surface area contributed by atoms with E-state index < -0.39 is 56.3 Å². The number of ketones is 1. The number of nitrogens with one attached hydrogen (secondary N) is 1. The molecule has 14 nitrogen and oxygen atoms in total. The first-order chi connectivity index (χ1) is 18.7. The summed E-state index contributed by atoms with van der Waals surface area (Å²) in [6.45, 7) is -0.983. The van der Waals surface area contributed by atoms with Gasteiger partial charge in [0.2, 0.25) is 5.95 Å². The number of aromatic nitrogens is 2. The Balaban J connectivity index is 1.47. The second-order valence-corrected chi connectivity index (χ2v) is 8.46. The zero-order chi connectivity index (χ0) is 28.1. The molecule has 4 N–H and O–H groups in total. The second kappa shape index (κ2) is 12.2. The van der Waals surface area contributed by atoms with E-state index in [4.69, 9.17) is 18.9 Å². The number of methoxy groups -OCH3 is 2. The smallest absolute Gasteiger partial charge is 0.453 e. The fourth-order valence-corrected chi connectivity index (χ4v) is 3.95. The van der Waals surface area contributed by atoms with E-state index in [0.717, 1.165) is 0 Å². The Labute approximate surface area is 221 Å². The van der Waals surface area contributed by atoms with Crippen LogP contribution in [-0.2, 0) is 30.4 Å². The summed E-state index contributed by atoms with van der Waals surface area (Å²) in [6, 6.07) is 13.4. The number of carbonyl (C=O) groups excluding carboxylic acids is 3.